The van der Waals surface area contributed by atoms with E-state index >= 15 is 0 Å². The smallest absolute Gasteiger partial charge is 0.412 e. The Balaban J connectivity index is 1.61. The number of nitrogens with one attached hydrogen (secondary N) is 1. The largest absolute Gasteiger partial charge is 0.444 e. The van der Waals surface area contributed by atoms with Crippen molar-refractivity contribution < 1.29 is 9.53 Å². The van der Waals surface area contributed by atoms with Crippen molar-refractivity contribution in [2.24, 2.45) is 0 Å². The summed E-state index contributed by atoms with van der Waals surface area (Å²) in [6, 6.07) is 7.33. The number of nitrogen functional groups attached to an aromatic ring is 1. The third kappa shape index (κ3) is 4.81. The Morgan fingerprint density at radius 1 is 1.19 bits per heavy atom. The van der Waals surface area contributed by atoms with Crippen molar-refractivity contribution in [2.75, 3.05) is 36.1 Å². The summed E-state index contributed by atoms with van der Waals surface area (Å²) in [5, 5.41) is 2.78. The highest BCUT2D eigenvalue weighted by atomic mass is 16.6. The lowest BCUT2D eigenvalue weighted by molar-refractivity contribution is 0.0636. The van der Waals surface area contributed by atoms with E-state index < -0.39 is 11.7 Å². The Labute approximate surface area is 156 Å². The van der Waals surface area contributed by atoms with Crippen LogP contribution in [0, 0.1) is 0 Å². The first-order valence-electron chi connectivity index (χ1n) is 9.59. The maximum atomic E-state index is 12.0. The number of ether oxygens (including phenoxy) is 1. The van der Waals surface area contributed by atoms with Crippen LogP contribution in [0.2, 0.25) is 0 Å². The first kappa shape index (κ1) is 18.8. The number of benzene rings is 1. The second-order valence-electron chi connectivity index (χ2n) is 8.51. The zero-order valence-corrected chi connectivity index (χ0v) is 16.4. The van der Waals surface area contributed by atoms with Crippen LogP contribution in [0.5, 0.6) is 0 Å². The molecule has 26 heavy (non-hydrogen) atoms. The van der Waals surface area contributed by atoms with Crippen molar-refractivity contribution in [2.45, 2.75) is 64.1 Å². The minimum absolute atomic E-state index is 0.480. The maximum Gasteiger partial charge on any atom is 0.412 e. The van der Waals surface area contributed by atoms with Crippen molar-refractivity contribution in [3.8, 4) is 0 Å². The van der Waals surface area contributed by atoms with E-state index in [1.54, 1.807) is 0 Å². The van der Waals surface area contributed by atoms with Crippen molar-refractivity contribution >= 4 is 23.2 Å². The highest BCUT2D eigenvalue weighted by molar-refractivity contribution is 5.90. The molecule has 0 atom stereocenters. The van der Waals surface area contributed by atoms with Crippen LogP contribution >= 0.6 is 0 Å². The number of nitrogens with zero attached hydrogens (tertiary/aromatic N) is 2. The molecule has 0 bridgehead atoms. The number of anilines is 3. The number of amides is 1. The average molecular weight is 361 g/mol. The van der Waals surface area contributed by atoms with Crippen LogP contribution in [0.25, 0.3) is 0 Å². The molecular formula is C20H32N4O2. The molecule has 0 aromatic heterocycles. The van der Waals surface area contributed by atoms with E-state index in [1.807, 2.05) is 39.0 Å². The van der Waals surface area contributed by atoms with Crippen molar-refractivity contribution in [1.82, 2.24) is 4.90 Å². The van der Waals surface area contributed by atoms with Crippen LogP contribution in [-0.4, -0.2) is 48.8 Å². The van der Waals surface area contributed by atoms with Crippen molar-refractivity contribution in [1.29, 1.82) is 0 Å². The van der Waals surface area contributed by atoms with Gasteiger partial charge < -0.3 is 20.3 Å². The summed E-state index contributed by atoms with van der Waals surface area (Å²) >= 11 is 0. The number of carbonyl (C=O) groups is 1. The molecule has 0 unspecified atom stereocenters. The normalized spacial score (nSPS) is 18.9. The van der Waals surface area contributed by atoms with E-state index in [4.69, 9.17) is 10.5 Å². The third-order valence-corrected chi connectivity index (χ3v) is 5.20. The lowest BCUT2D eigenvalue weighted by Crippen LogP contribution is -2.44. The van der Waals surface area contributed by atoms with E-state index in [0.717, 1.165) is 24.8 Å². The van der Waals surface area contributed by atoms with Crippen LogP contribution in [0.15, 0.2) is 18.2 Å². The molecule has 1 aliphatic heterocycles. The minimum Gasteiger partial charge on any atom is -0.444 e. The fourth-order valence-electron chi connectivity index (χ4n) is 3.57. The third-order valence-electron chi connectivity index (χ3n) is 5.20. The van der Waals surface area contributed by atoms with Gasteiger partial charge in [-0.15, -0.1) is 0 Å². The first-order chi connectivity index (χ1) is 12.2. The molecule has 2 aliphatic rings. The fourth-order valence-corrected chi connectivity index (χ4v) is 3.57. The molecule has 2 fully saturated rings. The van der Waals surface area contributed by atoms with Gasteiger partial charge in [-0.25, -0.2) is 4.79 Å². The van der Waals surface area contributed by atoms with Gasteiger partial charge in [0, 0.05) is 30.9 Å². The van der Waals surface area contributed by atoms with Gasteiger partial charge in [0.15, 0.2) is 0 Å². The second kappa shape index (κ2) is 7.35. The van der Waals surface area contributed by atoms with Gasteiger partial charge in [-0.05, 0) is 71.7 Å². The quantitative estimate of drug-likeness (QED) is 0.802. The van der Waals surface area contributed by atoms with Gasteiger partial charge in [-0.2, -0.15) is 0 Å². The predicted octanol–water partition coefficient (Wildman–Crippen LogP) is 3.68. The molecule has 0 radical (unpaired) electrons. The van der Waals surface area contributed by atoms with Crippen LogP contribution in [0.4, 0.5) is 21.9 Å². The van der Waals surface area contributed by atoms with Gasteiger partial charge in [-0.1, -0.05) is 0 Å². The van der Waals surface area contributed by atoms with Crippen LogP contribution in [0.1, 0.15) is 46.5 Å². The molecule has 1 amide bonds. The molecule has 0 spiro atoms. The van der Waals surface area contributed by atoms with E-state index in [1.165, 1.54) is 25.7 Å². The molecular weight excluding hydrogens is 328 g/mol. The fraction of sp³-hybridized carbons (Fsp3) is 0.650. The maximum absolute atomic E-state index is 12.0. The number of carbonyl (C=O) groups excluding carboxylic acids is 1. The number of piperidine rings is 1. The summed E-state index contributed by atoms with van der Waals surface area (Å²) in [6.45, 7) is 7.58. The lowest BCUT2D eigenvalue weighted by Gasteiger charge is -2.38. The summed E-state index contributed by atoms with van der Waals surface area (Å²) < 4.78 is 5.33. The minimum atomic E-state index is -0.536. The Morgan fingerprint density at radius 3 is 2.38 bits per heavy atom. The van der Waals surface area contributed by atoms with Crippen LogP contribution in [-0.2, 0) is 4.74 Å². The Morgan fingerprint density at radius 2 is 1.81 bits per heavy atom. The van der Waals surface area contributed by atoms with Gasteiger partial charge in [-0.3, -0.25) is 5.32 Å². The molecule has 1 aromatic rings. The van der Waals surface area contributed by atoms with Crippen LogP contribution in [0.3, 0.4) is 0 Å². The zero-order chi connectivity index (χ0) is 18.9. The molecule has 1 aliphatic carbocycles. The summed E-state index contributed by atoms with van der Waals surface area (Å²) in [4.78, 5) is 17.0. The molecule has 3 rings (SSSR count). The number of hydrogen-bond acceptors (Lipinski definition) is 5. The lowest BCUT2D eigenvalue weighted by atomic mass is 10.0. The Hall–Kier alpha value is -1.95. The molecule has 144 valence electrons. The Bertz CT molecular complexity index is 644. The number of nitrogens with two attached hydrogens (primary N) is 1. The highest BCUT2D eigenvalue weighted by Crippen LogP contribution is 2.32. The average Bonchev–Trinajstić information content (AvgIpc) is 3.39. The number of hydrogen-bond donors (Lipinski definition) is 2. The van der Waals surface area contributed by atoms with E-state index in [0.29, 0.717) is 17.4 Å². The zero-order valence-electron chi connectivity index (χ0n) is 16.4. The summed E-state index contributed by atoms with van der Waals surface area (Å²) in [7, 11) is 2.27. The molecule has 6 heteroatoms. The summed E-state index contributed by atoms with van der Waals surface area (Å²) in [5.41, 5.74) is 7.75. The molecule has 1 aromatic carbocycles. The van der Waals surface area contributed by atoms with Gasteiger partial charge in [0.25, 0.3) is 0 Å². The van der Waals surface area contributed by atoms with Gasteiger partial charge in [0.05, 0.1) is 11.4 Å². The highest BCUT2D eigenvalue weighted by Gasteiger charge is 2.32. The predicted molar refractivity (Wildman–Crippen MR) is 107 cm³/mol. The SMILES string of the molecule is CN(C1CC1)C1CCN(c2ccc(N)c(NC(=O)OC(C)(C)C)c2)CC1. The summed E-state index contributed by atoms with van der Waals surface area (Å²) in [6.07, 6.45) is 4.58. The van der Waals surface area contributed by atoms with Gasteiger partial charge in [0.2, 0.25) is 0 Å². The van der Waals surface area contributed by atoms with Crippen molar-refractivity contribution in [3.63, 3.8) is 0 Å². The molecule has 6 nitrogen and oxygen atoms in total. The van der Waals surface area contributed by atoms with E-state index in [2.05, 4.69) is 22.2 Å². The number of rotatable bonds is 4. The van der Waals surface area contributed by atoms with E-state index in [-0.39, 0.29) is 0 Å². The van der Waals surface area contributed by atoms with Crippen LogP contribution < -0.4 is 16.0 Å². The topological polar surface area (TPSA) is 70.8 Å². The first-order valence-corrected chi connectivity index (χ1v) is 9.59. The monoisotopic (exact) mass is 360 g/mol. The molecule has 1 saturated heterocycles. The molecule has 1 heterocycles. The second-order valence-corrected chi connectivity index (χ2v) is 8.51. The summed E-state index contributed by atoms with van der Waals surface area (Å²) in [5.74, 6) is 0. The molecule has 1 saturated carbocycles. The van der Waals surface area contributed by atoms with Crippen molar-refractivity contribution in [3.05, 3.63) is 18.2 Å². The van der Waals surface area contributed by atoms with Gasteiger partial charge in [0.1, 0.15) is 5.60 Å². The standard InChI is InChI=1S/C20H32N4O2/c1-20(2,3)26-19(25)22-18-13-16(7-8-17(18)21)24-11-9-15(10-12-24)23(4)14-5-6-14/h7-8,13-15H,5-6,9-12,21H2,1-4H3,(H,22,25). The van der Waals surface area contributed by atoms with E-state index in [9.17, 15) is 4.79 Å². The van der Waals surface area contributed by atoms with Gasteiger partial charge >= 0.3 is 6.09 Å². The Kier molecular flexibility index (Phi) is 5.32. The molecule has 3 N–H and O–H groups in total.